The molecule has 1 aromatic heterocycles. The van der Waals surface area contributed by atoms with Crippen molar-refractivity contribution in [3.63, 3.8) is 0 Å². The van der Waals surface area contributed by atoms with Crippen molar-refractivity contribution >= 4 is 21.6 Å². The van der Waals surface area contributed by atoms with E-state index in [2.05, 4.69) is 9.71 Å². The van der Waals surface area contributed by atoms with E-state index in [1.807, 2.05) is 20.8 Å². The molecule has 0 radical (unpaired) electrons. The smallest absolute Gasteiger partial charge is 0.243 e. The van der Waals surface area contributed by atoms with Gasteiger partial charge in [0.2, 0.25) is 10.0 Å². The summed E-state index contributed by atoms with van der Waals surface area (Å²) in [6.07, 6.45) is 2.35. The van der Waals surface area contributed by atoms with Gasteiger partial charge in [-0.15, -0.1) is 0 Å². The molecule has 7 heteroatoms. The monoisotopic (exact) mass is 306 g/mol. The first kappa shape index (κ1) is 16.4. The van der Waals surface area contributed by atoms with Crippen LogP contribution in [-0.4, -0.2) is 31.2 Å². The van der Waals surface area contributed by atoms with Crippen LogP contribution >= 0.6 is 11.6 Å². The molecule has 2 N–H and O–H groups in total. The maximum atomic E-state index is 12.0. The number of nitrogens with zero attached hydrogens (tertiary/aromatic N) is 1. The van der Waals surface area contributed by atoms with Gasteiger partial charge in [-0.2, -0.15) is 0 Å². The van der Waals surface area contributed by atoms with Gasteiger partial charge in [0.15, 0.2) is 0 Å². The molecule has 1 atom stereocenters. The minimum absolute atomic E-state index is 0.0508. The van der Waals surface area contributed by atoms with E-state index in [0.29, 0.717) is 6.42 Å². The molecule has 1 rings (SSSR count). The van der Waals surface area contributed by atoms with Crippen molar-refractivity contribution in [2.75, 3.05) is 6.54 Å². The Morgan fingerprint density at radius 2 is 2.11 bits per heavy atom. The molecule has 0 aliphatic rings. The molecule has 0 bridgehead atoms. The zero-order chi connectivity index (χ0) is 14.7. The molecule has 108 valence electrons. The van der Waals surface area contributed by atoms with E-state index >= 15 is 0 Å². The average molecular weight is 307 g/mol. The number of hydrogen-bond acceptors (Lipinski definition) is 4. The summed E-state index contributed by atoms with van der Waals surface area (Å²) < 4.78 is 26.3. The summed E-state index contributed by atoms with van der Waals surface area (Å²) in [6, 6.07) is 1.40. The molecule has 5 nitrogen and oxygen atoms in total. The first-order valence-corrected chi connectivity index (χ1v) is 7.75. The second kappa shape index (κ2) is 6.17. The molecule has 0 amide bonds. The number of hydrogen-bond donors (Lipinski definition) is 2. The Balaban J connectivity index is 2.70. The predicted octanol–water partition coefficient (Wildman–Crippen LogP) is 1.81. The Morgan fingerprint density at radius 3 is 2.63 bits per heavy atom. The lowest BCUT2D eigenvalue weighted by molar-refractivity contribution is 0.125. The molecule has 0 spiro atoms. The highest BCUT2D eigenvalue weighted by Gasteiger charge is 2.21. The van der Waals surface area contributed by atoms with Crippen molar-refractivity contribution in [1.29, 1.82) is 0 Å². The topological polar surface area (TPSA) is 79.3 Å². The van der Waals surface area contributed by atoms with Gasteiger partial charge in [-0.3, -0.25) is 4.98 Å². The summed E-state index contributed by atoms with van der Waals surface area (Å²) in [5.41, 5.74) is -0.0726. The Hall–Kier alpha value is -0.690. The van der Waals surface area contributed by atoms with Crippen LogP contribution in [0.4, 0.5) is 0 Å². The summed E-state index contributed by atoms with van der Waals surface area (Å²) in [5.74, 6) is 0. The van der Waals surface area contributed by atoms with Crippen LogP contribution in [0.25, 0.3) is 0 Å². The highest BCUT2D eigenvalue weighted by atomic mass is 35.5. The third-order valence-electron chi connectivity index (χ3n) is 2.38. The van der Waals surface area contributed by atoms with Crippen molar-refractivity contribution in [2.45, 2.75) is 38.2 Å². The molecular formula is C12H19ClN2O3S. The number of nitrogens with one attached hydrogen (secondary N) is 1. The van der Waals surface area contributed by atoms with Crippen molar-refractivity contribution in [1.82, 2.24) is 9.71 Å². The quantitative estimate of drug-likeness (QED) is 0.869. The molecule has 0 aliphatic carbocycles. The lowest BCUT2D eigenvalue weighted by Crippen LogP contribution is -2.34. The first-order chi connectivity index (χ1) is 8.62. The second-order valence-electron chi connectivity index (χ2n) is 5.58. The van der Waals surface area contributed by atoms with E-state index < -0.39 is 16.1 Å². The standard InChI is InChI=1S/C12H19ClN2O3S/c1-12(2,3)6-9(16)7-15-19(17,18)11-8-14-5-4-10(11)13/h4-5,8-9,15-16H,6-7H2,1-3H3. The summed E-state index contributed by atoms with van der Waals surface area (Å²) in [7, 11) is -3.75. The molecule has 0 aliphatic heterocycles. The molecule has 1 unspecified atom stereocenters. The van der Waals surface area contributed by atoms with E-state index in [9.17, 15) is 13.5 Å². The minimum Gasteiger partial charge on any atom is -0.392 e. The Morgan fingerprint density at radius 1 is 1.47 bits per heavy atom. The van der Waals surface area contributed by atoms with E-state index in [1.165, 1.54) is 18.5 Å². The third kappa shape index (κ3) is 5.44. The number of aliphatic hydroxyl groups excluding tert-OH is 1. The first-order valence-electron chi connectivity index (χ1n) is 5.89. The number of rotatable bonds is 5. The second-order valence-corrected chi connectivity index (χ2v) is 7.72. The zero-order valence-electron chi connectivity index (χ0n) is 11.2. The number of pyridine rings is 1. The van der Waals surface area contributed by atoms with Crippen LogP contribution < -0.4 is 4.72 Å². The summed E-state index contributed by atoms with van der Waals surface area (Å²) >= 11 is 5.81. The molecule has 1 heterocycles. The lowest BCUT2D eigenvalue weighted by Gasteiger charge is -2.22. The van der Waals surface area contributed by atoms with Gasteiger partial charge in [0.05, 0.1) is 11.1 Å². The van der Waals surface area contributed by atoms with Crippen LogP contribution in [-0.2, 0) is 10.0 Å². The van der Waals surface area contributed by atoms with Gasteiger partial charge in [0, 0.05) is 18.9 Å². The summed E-state index contributed by atoms with van der Waals surface area (Å²) in [4.78, 5) is 3.65. The fraction of sp³-hybridized carbons (Fsp3) is 0.583. The molecule has 19 heavy (non-hydrogen) atoms. The minimum atomic E-state index is -3.75. The summed E-state index contributed by atoms with van der Waals surface area (Å²) in [5, 5.41) is 9.89. The molecule has 0 saturated heterocycles. The largest absolute Gasteiger partial charge is 0.392 e. The SMILES string of the molecule is CC(C)(C)CC(O)CNS(=O)(=O)c1cnccc1Cl. The molecule has 0 saturated carbocycles. The van der Waals surface area contributed by atoms with Gasteiger partial charge in [0.25, 0.3) is 0 Å². The van der Waals surface area contributed by atoms with Gasteiger partial charge < -0.3 is 5.11 Å². The molecule has 1 aromatic rings. The third-order valence-corrected chi connectivity index (χ3v) is 4.27. The highest BCUT2D eigenvalue weighted by Crippen LogP contribution is 2.21. The van der Waals surface area contributed by atoms with Gasteiger partial charge in [-0.25, -0.2) is 13.1 Å². The van der Waals surface area contributed by atoms with Crippen LogP contribution in [0, 0.1) is 5.41 Å². The number of halogens is 1. The van der Waals surface area contributed by atoms with Gasteiger partial charge in [-0.05, 0) is 17.9 Å². The van der Waals surface area contributed by atoms with E-state index in [1.54, 1.807) is 0 Å². The Labute approximate surface area is 119 Å². The average Bonchev–Trinajstić information content (AvgIpc) is 2.24. The van der Waals surface area contributed by atoms with Crippen LogP contribution in [0.1, 0.15) is 27.2 Å². The van der Waals surface area contributed by atoms with Crippen LogP contribution in [0.5, 0.6) is 0 Å². The fourth-order valence-corrected chi connectivity index (χ4v) is 3.12. The van der Waals surface area contributed by atoms with Crippen molar-refractivity contribution < 1.29 is 13.5 Å². The number of aromatic nitrogens is 1. The van der Waals surface area contributed by atoms with Crippen LogP contribution in [0.2, 0.25) is 5.02 Å². The highest BCUT2D eigenvalue weighted by molar-refractivity contribution is 7.89. The van der Waals surface area contributed by atoms with Crippen LogP contribution in [0.15, 0.2) is 23.4 Å². The number of sulfonamides is 1. The molecule has 0 aromatic carbocycles. The molecule has 0 fully saturated rings. The van der Waals surface area contributed by atoms with Crippen molar-refractivity contribution in [2.24, 2.45) is 5.41 Å². The predicted molar refractivity (Wildman–Crippen MR) is 74.5 cm³/mol. The Kier molecular flexibility index (Phi) is 5.32. The lowest BCUT2D eigenvalue weighted by atomic mass is 9.89. The normalized spacial score (nSPS) is 14.4. The number of aliphatic hydroxyl groups is 1. The van der Waals surface area contributed by atoms with E-state index in [4.69, 9.17) is 11.6 Å². The van der Waals surface area contributed by atoms with Gasteiger partial charge >= 0.3 is 0 Å². The maximum absolute atomic E-state index is 12.0. The molecular weight excluding hydrogens is 288 g/mol. The maximum Gasteiger partial charge on any atom is 0.243 e. The zero-order valence-corrected chi connectivity index (χ0v) is 12.8. The van der Waals surface area contributed by atoms with E-state index in [0.717, 1.165) is 0 Å². The van der Waals surface area contributed by atoms with E-state index in [-0.39, 0.29) is 21.9 Å². The van der Waals surface area contributed by atoms with Gasteiger partial charge in [0.1, 0.15) is 4.90 Å². The summed E-state index contributed by atoms with van der Waals surface area (Å²) in [6.45, 7) is 5.87. The van der Waals surface area contributed by atoms with Crippen LogP contribution in [0.3, 0.4) is 0 Å². The van der Waals surface area contributed by atoms with Crippen molar-refractivity contribution in [3.8, 4) is 0 Å². The fourth-order valence-electron chi connectivity index (χ4n) is 1.62. The Bertz CT molecular complexity index is 526. The van der Waals surface area contributed by atoms with Crippen molar-refractivity contribution in [3.05, 3.63) is 23.5 Å². The van der Waals surface area contributed by atoms with Gasteiger partial charge in [-0.1, -0.05) is 32.4 Å².